The molecule has 1 aliphatic heterocycles. The molecule has 1 aromatic carbocycles. The van der Waals surface area contributed by atoms with Gasteiger partial charge < -0.3 is 9.47 Å². The summed E-state index contributed by atoms with van der Waals surface area (Å²) in [5, 5.41) is 0. The number of aldehydes is 1. The van der Waals surface area contributed by atoms with Crippen LogP contribution in [0.2, 0.25) is 0 Å². The molecule has 1 aliphatic rings. The molecule has 0 radical (unpaired) electrons. The Morgan fingerprint density at radius 2 is 2.33 bits per heavy atom. The van der Waals surface area contributed by atoms with Gasteiger partial charge in [-0.05, 0) is 38.8 Å². The molecule has 1 aromatic rings. The van der Waals surface area contributed by atoms with E-state index in [1.807, 2.05) is 13.8 Å². The second-order valence-electron chi connectivity index (χ2n) is 5.13. The van der Waals surface area contributed by atoms with Gasteiger partial charge in [0.15, 0.2) is 17.9 Å². The quantitative estimate of drug-likeness (QED) is 0.773. The van der Waals surface area contributed by atoms with Crippen molar-refractivity contribution in [2.24, 2.45) is 0 Å². The number of rotatable bonds is 4. The van der Waals surface area contributed by atoms with Crippen LogP contribution in [0.1, 0.15) is 37.0 Å². The zero-order valence-corrected chi connectivity index (χ0v) is 10.6. The lowest BCUT2D eigenvalue weighted by Gasteiger charge is -2.19. The van der Waals surface area contributed by atoms with Gasteiger partial charge in [0.05, 0.1) is 17.3 Å². The van der Waals surface area contributed by atoms with Crippen molar-refractivity contribution in [1.29, 1.82) is 0 Å². The summed E-state index contributed by atoms with van der Waals surface area (Å²) in [4.78, 5) is 10.8. The van der Waals surface area contributed by atoms with E-state index in [9.17, 15) is 9.18 Å². The molecule has 1 heterocycles. The number of hydrogen-bond donors (Lipinski definition) is 0. The molecule has 1 saturated heterocycles. The molecule has 0 aromatic heterocycles. The number of benzene rings is 1. The van der Waals surface area contributed by atoms with Gasteiger partial charge >= 0.3 is 0 Å². The van der Waals surface area contributed by atoms with Gasteiger partial charge in [-0.2, -0.15) is 0 Å². The zero-order chi connectivity index (χ0) is 13.2. The van der Waals surface area contributed by atoms with Crippen LogP contribution in [-0.4, -0.2) is 24.6 Å². The van der Waals surface area contributed by atoms with Gasteiger partial charge in [0.25, 0.3) is 0 Å². The Labute approximate surface area is 106 Å². The van der Waals surface area contributed by atoms with E-state index < -0.39 is 5.82 Å². The molecule has 0 spiro atoms. The van der Waals surface area contributed by atoms with Crippen molar-refractivity contribution in [2.45, 2.75) is 38.4 Å². The number of para-hydroxylation sites is 1. The SMILES string of the molecule is CC1(C)CCC(COc2c(F)cccc2C=O)O1. The number of hydrogen-bond acceptors (Lipinski definition) is 3. The molecule has 4 heteroatoms. The first-order valence-electron chi connectivity index (χ1n) is 6.06. The van der Waals surface area contributed by atoms with Gasteiger partial charge in [0.2, 0.25) is 0 Å². The topological polar surface area (TPSA) is 35.5 Å². The monoisotopic (exact) mass is 252 g/mol. The Bertz CT molecular complexity index is 443. The summed E-state index contributed by atoms with van der Waals surface area (Å²) in [5.74, 6) is -0.502. The molecule has 1 fully saturated rings. The summed E-state index contributed by atoms with van der Waals surface area (Å²) >= 11 is 0. The van der Waals surface area contributed by atoms with E-state index in [2.05, 4.69) is 0 Å². The van der Waals surface area contributed by atoms with E-state index in [-0.39, 0.29) is 29.6 Å². The van der Waals surface area contributed by atoms with Crippen molar-refractivity contribution in [1.82, 2.24) is 0 Å². The third-order valence-electron chi connectivity index (χ3n) is 3.09. The van der Waals surface area contributed by atoms with E-state index in [0.29, 0.717) is 6.29 Å². The highest BCUT2D eigenvalue weighted by atomic mass is 19.1. The van der Waals surface area contributed by atoms with E-state index in [1.54, 1.807) is 0 Å². The maximum absolute atomic E-state index is 13.5. The summed E-state index contributed by atoms with van der Waals surface area (Å²) in [6.07, 6.45) is 2.40. The normalized spacial score (nSPS) is 21.8. The van der Waals surface area contributed by atoms with E-state index in [0.717, 1.165) is 12.8 Å². The minimum atomic E-state index is -0.517. The summed E-state index contributed by atoms with van der Waals surface area (Å²) in [6, 6.07) is 4.30. The van der Waals surface area contributed by atoms with E-state index in [4.69, 9.17) is 9.47 Å². The summed E-state index contributed by atoms with van der Waals surface area (Å²) in [7, 11) is 0. The highest BCUT2D eigenvalue weighted by Gasteiger charge is 2.32. The van der Waals surface area contributed by atoms with Crippen LogP contribution < -0.4 is 4.74 Å². The highest BCUT2D eigenvalue weighted by molar-refractivity contribution is 5.79. The summed E-state index contributed by atoms with van der Waals surface area (Å²) < 4.78 is 24.7. The summed E-state index contributed by atoms with van der Waals surface area (Å²) in [6.45, 7) is 4.31. The molecule has 0 bridgehead atoms. The first-order valence-corrected chi connectivity index (χ1v) is 6.06. The van der Waals surface area contributed by atoms with Gasteiger partial charge in [-0.1, -0.05) is 6.07 Å². The van der Waals surface area contributed by atoms with Crippen molar-refractivity contribution < 1.29 is 18.7 Å². The molecule has 0 amide bonds. The molecule has 18 heavy (non-hydrogen) atoms. The zero-order valence-electron chi connectivity index (χ0n) is 10.6. The fourth-order valence-electron chi connectivity index (χ4n) is 2.14. The lowest BCUT2D eigenvalue weighted by atomic mass is 10.1. The average Bonchev–Trinajstić information content (AvgIpc) is 2.67. The Balaban J connectivity index is 2.01. The van der Waals surface area contributed by atoms with Crippen LogP contribution in [0.5, 0.6) is 5.75 Å². The van der Waals surface area contributed by atoms with Gasteiger partial charge in [-0.3, -0.25) is 4.79 Å². The molecule has 1 unspecified atom stereocenters. The average molecular weight is 252 g/mol. The van der Waals surface area contributed by atoms with Crippen molar-refractivity contribution in [3.05, 3.63) is 29.6 Å². The number of halogens is 1. The Morgan fingerprint density at radius 1 is 1.56 bits per heavy atom. The molecule has 98 valence electrons. The minimum absolute atomic E-state index is 0.0146. The van der Waals surface area contributed by atoms with Crippen molar-refractivity contribution in [2.75, 3.05) is 6.61 Å². The molecular formula is C14H17FO3. The number of ether oxygens (including phenoxy) is 2. The molecule has 1 atom stereocenters. The summed E-state index contributed by atoms with van der Waals surface area (Å²) in [5.41, 5.74) is 0.0868. The lowest BCUT2D eigenvalue weighted by molar-refractivity contribution is -0.0331. The first-order chi connectivity index (χ1) is 8.52. The number of carbonyl (C=O) groups excluding carboxylic acids is 1. The predicted octanol–water partition coefficient (Wildman–Crippen LogP) is 2.97. The van der Waals surface area contributed by atoms with E-state index >= 15 is 0 Å². The Morgan fingerprint density at radius 3 is 2.94 bits per heavy atom. The van der Waals surface area contributed by atoms with Crippen LogP contribution in [0, 0.1) is 5.82 Å². The van der Waals surface area contributed by atoms with Gasteiger partial charge in [0.1, 0.15) is 6.61 Å². The Hall–Kier alpha value is -1.42. The van der Waals surface area contributed by atoms with Gasteiger partial charge in [-0.15, -0.1) is 0 Å². The second kappa shape index (κ2) is 5.06. The predicted molar refractivity (Wildman–Crippen MR) is 65.5 cm³/mol. The van der Waals surface area contributed by atoms with Crippen LogP contribution in [0.25, 0.3) is 0 Å². The molecule has 0 saturated carbocycles. The van der Waals surface area contributed by atoms with Gasteiger partial charge in [-0.25, -0.2) is 4.39 Å². The Kier molecular flexibility index (Phi) is 3.66. The van der Waals surface area contributed by atoms with Crippen LogP contribution in [0.4, 0.5) is 4.39 Å². The first kappa shape index (κ1) is 13.0. The number of carbonyl (C=O) groups is 1. The maximum atomic E-state index is 13.5. The minimum Gasteiger partial charge on any atom is -0.487 e. The molecule has 0 aliphatic carbocycles. The van der Waals surface area contributed by atoms with Gasteiger partial charge in [0, 0.05) is 0 Å². The molecule has 3 nitrogen and oxygen atoms in total. The van der Waals surface area contributed by atoms with Crippen molar-refractivity contribution in [3.63, 3.8) is 0 Å². The third kappa shape index (κ3) is 2.88. The van der Waals surface area contributed by atoms with Crippen LogP contribution in [0.15, 0.2) is 18.2 Å². The van der Waals surface area contributed by atoms with Crippen molar-refractivity contribution in [3.8, 4) is 5.75 Å². The molecule has 2 rings (SSSR count). The fourth-order valence-corrected chi connectivity index (χ4v) is 2.14. The molecular weight excluding hydrogens is 235 g/mol. The lowest BCUT2D eigenvalue weighted by Crippen LogP contribution is -2.24. The second-order valence-corrected chi connectivity index (χ2v) is 5.13. The third-order valence-corrected chi connectivity index (χ3v) is 3.09. The maximum Gasteiger partial charge on any atom is 0.165 e. The molecule has 0 N–H and O–H groups in total. The van der Waals surface area contributed by atoms with E-state index in [1.165, 1.54) is 18.2 Å². The fraction of sp³-hybridized carbons (Fsp3) is 0.500. The van der Waals surface area contributed by atoms with Crippen molar-refractivity contribution >= 4 is 6.29 Å². The van der Waals surface area contributed by atoms with Crippen LogP contribution in [0.3, 0.4) is 0 Å². The highest BCUT2D eigenvalue weighted by Crippen LogP contribution is 2.30. The largest absolute Gasteiger partial charge is 0.487 e. The van der Waals surface area contributed by atoms with Crippen LogP contribution in [-0.2, 0) is 4.74 Å². The smallest absolute Gasteiger partial charge is 0.165 e. The standard InChI is InChI=1S/C14H17FO3/c1-14(2)7-6-11(18-14)9-17-13-10(8-16)4-3-5-12(13)15/h3-5,8,11H,6-7,9H2,1-2H3. The van der Waals surface area contributed by atoms with Crippen LogP contribution >= 0.6 is 0 Å².